The SMILES string of the molecule is CCS(=O)(=O)Nc1cc(C2CCCO2)nn1C. The maximum Gasteiger partial charge on any atom is 0.233 e. The number of rotatable bonds is 4. The summed E-state index contributed by atoms with van der Waals surface area (Å²) in [7, 11) is -1.54. The summed E-state index contributed by atoms with van der Waals surface area (Å²) < 4.78 is 32.5. The Bertz CT molecular complexity index is 489. The van der Waals surface area contributed by atoms with E-state index < -0.39 is 10.0 Å². The zero-order chi connectivity index (χ0) is 12.5. The van der Waals surface area contributed by atoms with Crippen LogP contribution in [0.1, 0.15) is 31.6 Å². The van der Waals surface area contributed by atoms with Crippen molar-refractivity contribution in [2.75, 3.05) is 17.1 Å². The molecule has 6 nitrogen and oxygen atoms in total. The number of anilines is 1. The summed E-state index contributed by atoms with van der Waals surface area (Å²) in [6.45, 7) is 2.34. The molecule has 1 unspecified atom stereocenters. The highest BCUT2D eigenvalue weighted by Crippen LogP contribution is 2.29. The predicted molar refractivity (Wildman–Crippen MR) is 64.2 cm³/mol. The fraction of sp³-hybridized carbons (Fsp3) is 0.700. The largest absolute Gasteiger partial charge is 0.372 e. The number of aryl methyl sites for hydroxylation is 1. The minimum atomic E-state index is -3.26. The molecule has 0 bridgehead atoms. The van der Waals surface area contributed by atoms with Gasteiger partial charge in [0.1, 0.15) is 11.9 Å². The van der Waals surface area contributed by atoms with E-state index in [1.807, 2.05) is 0 Å². The van der Waals surface area contributed by atoms with Crippen LogP contribution < -0.4 is 4.72 Å². The maximum absolute atomic E-state index is 11.5. The van der Waals surface area contributed by atoms with Crippen LogP contribution >= 0.6 is 0 Å². The average molecular weight is 259 g/mol. The van der Waals surface area contributed by atoms with Crippen molar-refractivity contribution in [3.8, 4) is 0 Å². The van der Waals surface area contributed by atoms with Gasteiger partial charge >= 0.3 is 0 Å². The van der Waals surface area contributed by atoms with Crippen LogP contribution in [0.2, 0.25) is 0 Å². The molecule has 0 amide bonds. The summed E-state index contributed by atoms with van der Waals surface area (Å²) in [6.07, 6.45) is 1.97. The minimum absolute atomic E-state index is 0.00100. The van der Waals surface area contributed by atoms with E-state index in [-0.39, 0.29) is 11.9 Å². The molecule has 0 aromatic carbocycles. The molecule has 0 spiro atoms. The van der Waals surface area contributed by atoms with Gasteiger partial charge in [-0.3, -0.25) is 9.40 Å². The monoisotopic (exact) mass is 259 g/mol. The lowest BCUT2D eigenvalue weighted by Crippen LogP contribution is -2.16. The van der Waals surface area contributed by atoms with Gasteiger partial charge in [-0.2, -0.15) is 5.10 Å². The molecule has 1 aromatic heterocycles. The number of hydrogen-bond acceptors (Lipinski definition) is 4. The van der Waals surface area contributed by atoms with Crippen LogP contribution in [0.5, 0.6) is 0 Å². The number of ether oxygens (including phenoxy) is 1. The third kappa shape index (κ3) is 2.78. The topological polar surface area (TPSA) is 73.2 Å². The van der Waals surface area contributed by atoms with E-state index in [2.05, 4.69) is 9.82 Å². The molecular weight excluding hydrogens is 242 g/mol. The predicted octanol–water partition coefficient (Wildman–Crippen LogP) is 1.03. The van der Waals surface area contributed by atoms with Crippen molar-refractivity contribution < 1.29 is 13.2 Å². The quantitative estimate of drug-likeness (QED) is 0.876. The van der Waals surface area contributed by atoms with Crippen LogP contribution in [0.25, 0.3) is 0 Å². The first-order valence-corrected chi connectivity index (χ1v) is 7.33. The molecule has 1 N–H and O–H groups in total. The molecule has 1 aromatic rings. The standard InChI is InChI=1S/C10H17N3O3S/c1-3-17(14,15)12-10-7-8(11-13(10)2)9-5-4-6-16-9/h7,9,12H,3-6H2,1-2H3. The number of sulfonamides is 1. The Morgan fingerprint density at radius 1 is 1.65 bits per heavy atom. The summed E-state index contributed by atoms with van der Waals surface area (Å²) in [5.74, 6) is 0.533. The molecule has 0 aliphatic carbocycles. The zero-order valence-corrected chi connectivity index (χ0v) is 10.8. The van der Waals surface area contributed by atoms with E-state index in [4.69, 9.17) is 4.74 Å². The summed E-state index contributed by atoms with van der Waals surface area (Å²) in [5, 5.41) is 4.28. The molecule has 2 rings (SSSR count). The second kappa shape index (κ2) is 4.66. The smallest absolute Gasteiger partial charge is 0.233 e. The summed E-state index contributed by atoms with van der Waals surface area (Å²) >= 11 is 0. The molecule has 2 heterocycles. The first kappa shape index (κ1) is 12.4. The van der Waals surface area contributed by atoms with Crippen molar-refractivity contribution >= 4 is 15.8 Å². The molecule has 1 saturated heterocycles. The molecule has 0 radical (unpaired) electrons. The first-order valence-electron chi connectivity index (χ1n) is 5.68. The van der Waals surface area contributed by atoms with Gasteiger partial charge in [0.25, 0.3) is 0 Å². The number of hydrogen-bond donors (Lipinski definition) is 1. The number of nitrogens with zero attached hydrogens (tertiary/aromatic N) is 2. The van der Waals surface area contributed by atoms with Gasteiger partial charge in [0.15, 0.2) is 0 Å². The number of aromatic nitrogens is 2. The van der Waals surface area contributed by atoms with Crippen molar-refractivity contribution in [2.24, 2.45) is 7.05 Å². The summed E-state index contributed by atoms with van der Waals surface area (Å²) in [6, 6.07) is 1.74. The third-order valence-electron chi connectivity index (χ3n) is 2.80. The Morgan fingerprint density at radius 3 is 3.00 bits per heavy atom. The average Bonchev–Trinajstić information content (AvgIpc) is 2.89. The van der Waals surface area contributed by atoms with Gasteiger partial charge < -0.3 is 4.74 Å². The van der Waals surface area contributed by atoms with Crippen molar-refractivity contribution in [1.29, 1.82) is 0 Å². The highest BCUT2D eigenvalue weighted by atomic mass is 32.2. The first-order chi connectivity index (χ1) is 8.02. The van der Waals surface area contributed by atoms with Gasteiger partial charge in [-0.05, 0) is 19.8 Å². The Kier molecular flexibility index (Phi) is 3.39. The molecule has 7 heteroatoms. The van der Waals surface area contributed by atoms with Gasteiger partial charge in [-0.25, -0.2) is 8.42 Å². The minimum Gasteiger partial charge on any atom is -0.372 e. The van der Waals surface area contributed by atoms with Crippen LogP contribution in [0.15, 0.2) is 6.07 Å². The highest BCUT2D eigenvalue weighted by Gasteiger charge is 2.22. The van der Waals surface area contributed by atoms with Gasteiger partial charge in [-0.15, -0.1) is 0 Å². The molecule has 1 fully saturated rings. The normalized spacial score (nSPS) is 20.7. The van der Waals surface area contributed by atoms with Gasteiger partial charge in [0.2, 0.25) is 10.0 Å². The van der Waals surface area contributed by atoms with Crippen molar-refractivity contribution in [3.05, 3.63) is 11.8 Å². The van der Waals surface area contributed by atoms with Gasteiger partial charge in [0.05, 0.1) is 11.4 Å². The summed E-state index contributed by atoms with van der Waals surface area (Å²) in [4.78, 5) is 0. The Balaban J connectivity index is 2.19. The second-order valence-corrected chi connectivity index (χ2v) is 6.10. The van der Waals surface area contributed by atoms with E-state index in [1.165, 1.54) is 4.68 Å². The van der Waals surface area contributed by atoms with Crippen molar-refractivity contribution in [3.63, 3.8) is 0 Å². The maximum atomic E-state index is 11.5. The lowest BCUT2D eigenvalue weighted by Gasteiger charge is -2.04. The molecule has 0 saturated carbocycles. The van der Waals surface area contributed by atoms with Crippen LogP contribution in [-0.2, 0) is 21.8 Å². The van der Waals surface area contributed by atoms with E-state index in [0.717, 1.165) is 25.1 Å². The van der Waals surface area contributed by atoms with E-state index >= 15 is 0 Å². The molecule has 17 heavy (non-hydrogen) atoms. The molecule has 1 aliphatic rings. The van der Waals surface area contributed by atoms with Crippen molar-refractivity contribution in [1.82, 2.24) is 9.78 Å². The van der Waals surface area contributed by atoms with Crippen LogP contribution in [0.4, 0.5) is 5.82 Å². The second-order valence-electron chi connectivity index (χ2n) is 4.09. The lowest BCUT2D eigenvalue weighted by molar-refractivity contribution is 0.108. The van der Waals surface area contributed by atoms with Crippen LogP contribution in [-0.4, -0.2) is 30.6 Å². The molecular formula is C10H17N3O3S. The van der Waals surface area contributed by atoms with Crippen LogP contribution in [0, 0.1) is 0 Å². The third-order valence-corrected chi connectivity index (χ3v) is 4.08. The summed E-state index contributed by atoms with van der Waals surface area (Å²) in [5.41, 5.74) is 0.791. The molecule has 1 aliphatic heterocycles. The van der Waals surface area contributed by atoms with Gasteiger partial charge in [0, 0.05) is 19.7 Å². The highest BCUT2D eigenvalue weighted by molar-refractivity contribution is 7.92. The Hall–Kier alpha value is -1.08. The van der Waals surface area contributed by atoms with E-state index in [1.54, 1.807) is 20.0 Å². The van der Waals surface area contributed by atoms with E-state index in [9.17, 15) is 8.42 Å². The molecule has 1 atom stereocenters. The Morgan fingerprint density at radius 2 is 2.41 bits per heavy atom. The Labute approximate surface area is 101 Å². The fourth-order valence-electron chi connectivity index (χ4n) is 1.78. The zero-order valence-electron chi connectivity index (χ0n) is 10.0. The fourth-order valence-corrected chi connectivity index (χ4v) is 2.44. The van der Waals surface area contributed by atoms with Gasteiger partial charge in [-0.1, -0.05) is 0 Å². The lowest BCUT2D eigenvalue weighted by atomic mass is 10.2. The number of nitrogens with one attached hydrogen (secondary N) is 1. The van der Waals surface area contributed by atoms with Crippen molar-refractivity contribution in [2.45, 2.75) is 25.9 Å². The van der Waals surface area contributed by atoms with Crippen LogP contribution in [0.3, 0.4) is 0 Å². The van der Waals surface area contributed by atoms with E-state index in [0.29, 0.717) is 5.82 Å². The molecule has 96 valence electrons.